The van der Waals surface area contributed by atoms with Gasteiger partial charge in [-0.05, 0) is 35.7 Å². The van der Waals surface area contributed by atoms with Crippen molar-refractivity contribution in [3.05, 3.63) is 46.6 Å². The van der Waals surface area contributed by atoms with Gasteiger partial charge in [-0.15, -0.1) is 0 Å². The SMILES string of the molecule is CC(C)c1cc(Br)ccc1Oc1ccnc(NN)c1. The van der Waals surface area contributed by atoms with E-state index >= 15 is 0 Å². The molecule has 5 heteroatoms. The number of nitrogens with one attached hydrogen (secondary N) is 1. The van der Waals surface area contributed by atoms with Crippen molar-refractivity contribution in [3.8, 4) is 11.5 Å². The van der Waals surface area contributed by atoms with Gasteiger partial charge in [-0.1, -0.05) is 29.8 Å². The van der Waals surface area contributed by atoms with Crippen molar-refractivity contribution < 1.29 is 4.74 Å². The molecule has 1 aromatic carbocycles. The Balaban J connectivity index is 2.32. The van der Waals surface area contributed by atoms with Gasteiger partial charge in [-0.3, -0.25) is 0 Å². The van der Waals surface area contributed by atoms with Gasteiger partial charge in [0.05, 0.1) is 0 Å². The number of pyridine rings is 1. The number of nitrogens with zero attached hydrogens (tertiary/aromatic N) is 1. The minimum atomic E-state index is 0.376. The molecule has 0 radical (unpaired) electrons. The standard InChI is InChI=1S/C14H16BrN3O/c1-9(2)12-7-10(15)3-4-13(12)19-11-5-6-17-14(8-11)18-16/h3-9H,16H2,1-2H3,(H,17,18). The van der Waals surface area contributed by atoms with Crippen LogP contribution < -0.4 is 16.0 Å². The van der Waals surface area contributed by atoms with Gasteiger partial charge in [0.25, 0.3) is 0 Å². The molecular formula is C14H16BrN3O. The van der Waals surface area contributed by atoms with Gasteiger partial charge in [0.2, 0.25) is 0 Å². The number of halogens is 1. The molecule has 0 unspecified atom stereocenters. The van der Waals surface area contributed by atoms with Gasteiger partial charge >= 0.3 is 0 Å². The number of rotatable bonds is 4. The van der Waals surface area contributed by atoms with E-state index in [-0.39, 0.29) is 0 Å². The van der Waals surface area contributed by atoms with Crippen molar-refractivity contribution in [2.45, 2.75) is 19.8 Å². The highest BCUT2D eigenvalue weighted by Crippen LogP contribution is 2.33. The smallest absolute Gasteiger partial charge is 0.143 e. The Labute approximate surface area is 121 Å². The van der Waals surface area contributed by atoms with Crippen LogP contribution in [-0.4, -0.2) is 4.98 Å². The van der Waals surface area contributed by atoms with E-state index in [1.54, 1.807) is 18.3 Å². The zero-order valence-corrected chi connectivity index (χ0v) is 12.4. The lowest BCUT2D eigenvalue weighted by Crippen LogP contribution is -2.08. The van der Waals surface area contributed by atoms with E-state index in [4.69, 9.17) is 10.6 Å². The zero-order chi connectivity index (χ0) is 13.8. The largest absolute Gasteiger partial charge is 0.457 e. The van der Waals surface area contributed by atoms with Crippen molar-refractivity contribution in [2.75, 3.05) is 5.43 Å². The van der Waals surface area contributed by atoms with Crippen LogP contribution in [-0.2, 0) is 0 Å². The molecule has 2 aromatic rings. The van der Waals surface area contributed by atoms with Crippen LogP contribution in [0.3, 0.4) is 0 Å². The topological polar surface area (TPSA) is 60.2 Å². The molecule has 1 heterocycles. The lowest BCUT2D eigenvalue weighted by atomic mass is 10.0. The lowest BCUT2D eigenvalue weighted by Gasteiger charge is -2.14. The van der Waals surface area contributed by atoms with Crippen LogP contribution in [0.1, 0.15) is 25.3 Å². The Morgan fingerprint density at radius 3 is 2.74 bits per heavy atom. The second-order valence-corrected chi connectivity index (χ2v) is 5.38. The highest BCUT2D eigenvalue weighted by atomic mass is 79.9. The first-order chi connectivity index (χ1) is 9.10. The summed E-state index contributed by atoms with van der Waals surface area (Å²) in [7, 11) is 0. The molecule has 2 rings (SSSR count). The van der Waals surface area contributed by atoms with Crippen molar-refractivity contribution in [1.29, 1.82) is 0 Å². The molecule has 0 spiro atoms. The van der Waals surface area contributed by atoms with Crippen molar-refractivity contribution >= 4 is 21.7 Å². The van der Waals surface area contributed by atoms with Crippen LogP contribution >= 0.6 is 15.9 Å². The number of hydrogen-bond acceptors (Lipinski definition) is 4. The van der Waals surface area contributed by atoms with Crippen LogP contribution in [0, 0.1) is 0 Å². The predicted molar refractivity (Wildman–Crippen MR) is 80.4 cm³/mol. The van der Waals surface area contributed by atoms with Gasteiger partial charge in [-0.25, -0.2) is 10.8 Å². The minimum Gasteiger partial charge on any atom is -0.457 e. The summed E-state index contributed by atoms with van der Waals surface area (Å²) in [5, 5.41) is 0. The zero-order valence-electron chi connectivity index (χ0n) is 10.9. The van der Waals surface area contributed by atoms with Crippen LogP contribution in [0.15, 0.2) is 41.0 Å². The third-order valence-corrected chi connectivity index (χ3v) is 3.19. The van der Waals surface area contributed by atoms with Crippen LogP contribution in [0.4, 0.5) is 5.82 Å². The number of benzene rings is 1. The second-order valence-electron chi connectivity index (χ2n) is 4.46. The molecule has 0 fully saturated rings. The maximum atomic E-state index is 5.91. The maximum absolute atomic E-state index is 5.91. The molecule has 0 bridgehead atoms. The van der Waals surface area contributed by atoms with Gasteiger partial charge in [0.15, 0.2) is 0 Å². The Kier molecular flexibility index (Phi) is 4.39. The third kappa shape index (κ3) is 3.45. The summed E-state index contributed by atoms with van der Waals surface area (Å²) in [5.41, 5.74) is 3.65. The summed E-state index contributed by atoms with van der Waals surface area (Å²) in [4.78, 5) is 4.05. The quantitative estimate of drug-likeness (QED) is 0.659. The molecule has 0 amide bonds. The fraction of sp³-hybridized carbons (Fsp3) is 0.214. The number of aromatic nitrogens is 1. The molecule has 4 nitrogen and oxygen atoms in total. The van der Waals surface area contributed by atoms with E-state index in [1.165, 1.54) is 0 Å². The van der Waals surface area contributed by atoms with E-state index < -0.39 is 0 Å². The van der Waals surface area contributed by atoms with E-state index in [9.17, 15) is 0 Å². The molecule has 0 saturated heterocycles. The minimum absolute atomic E-state index is 0.376. The highest BCUT2D eigenvalue weighted by molar-refractivity contribution is 9.10. The average molecular weight is 322 g/mol. The molecular weight excluding hydrogens is 306 g/mol. The highest BCUT2D eigenvalue weighted by Gasteiger charge is 2.10. The lowest BCUT2D eigenvalue weighted by molar-refractivity contribution is 0.472. The summed E-state index contributed by atoms with van der Waals surface area (Å²) in [5.74, 6) is 7.82. The molecule has 0 aliphatic heterocycles. The number of hydrazine groups is 1. The average Bonchev–Trinajstić information content (AvgIpc) is 2.41. The summed E-state index contributed by atoms with van der Waals surface area (Å²) < 4.78 is 6.96. The van der Waals surface area contributed by atoms with E-state index in [1.807, 2.05) is 12.1 Å². The Bertz CT molecular complexity index is 572. The van der Waals surface area contributed by atoms with Crippen molar-refractivity contribution in [3.63, 3.8) is 0 Å². The van der Waals surface area contributed by atoms with Gasteiger partial charge in [0.1, 0.15) is 17.3 Å². The van der Waals surface area contributed by atoms with Crippen LogP contribution in [0.25, 0.3) is 0 Å². The second kappa shape index (κ2) is 6.04. The monoisotopic (exact) mass is 321 g/mol. The molecule has 1 aromatic heterocycles. The molecule has 19 heavy (non-hydrogen) atoms. The number of hydrogen-bond donors (Lipinski definition) is 2. The summed E-state index contributed by atoms with van der Waals surface area (Å²) in [6.45, 7) is 4.27. The van der Waals surface area contributed by atoms with Crippen molar-refractivity contribution in [1.82, 2.24) is 4.98 Å². The van der Waals surface area contributed by atoms with Gasteiger partial charge < -0.3 is 10.2 Å². The van der Waals surface area contributed by atoms with Gasteiger partial charge in [0, 0.05) is 16.7 Å². The number of anilines is 1. The Morgan fingerprint density at radius 2 is 2.05 bits per heavy atom. The van der Waals surface area contributed by atoms with Crippen LogP contribution in [0.5, 0.6) is 11.5 Å². The first kappa shape index (κ1) is 13.8. The summed E-state index contributed by atoms with van der Waals surface area (Å²) >= 11 is 3.48. The molecule has 0 saturated carbocycles. The molecule has 0 aliphatic rings. The van der Waals surface area contributed by atoms with E-state index in [0.29, 0.717) is 17.5 Å². The van der Waals surface area contributed by atoms with Gasteiger partial charge in [-0.2, -0.15) is 0 Å². The number of ether oxygens (including phenoxy) is 1. The predicted octanol–water partition coefficient (Wildman–Crippen LogP) is 4.05. The summed E-state index contributed by atoms with van der Waals surface area (Å²) in [6, 6.07) is 9.54. The molecule has 3 N–H and O–H groups in total. The fourth-order valence-electron chi connectivity index (χ4n) is 1.74. The molecule has 0 aliphatic carbocycles. The Morgan fingerprint density at radius 1 is 1.26 bits per heavy atom. The normalized spacial score (nSPS) is 10.6. The number of nitrogens with two attached hydrogens (primary N) is 1. The maximum Gasteiger partial charge on any atom is 0.143 e. The van der Waals surface area contributed by atoms with E-state index in [2.05, 4.69) is 46.3 Å². The van der Waals surface area contributed by atoms with Crippen molar-refractivity contribution in [2.24, 2.45) is 5.84 Å². The third-order valence-electron chi connectivity index (χ3n) is 2.70. The fourth-order valence-corrected chi connectivity index (χ4v) is 2.12. The van der Waals surface area contributed by atoms with Crippen LogP contribution in [0.2, 0.25) is 0 Å². The van der Waals surface area contributed by atoms with E-state index in [0.717, 1.165) is 15.8 Å². The number of nitrogen functional groups attached to an aromatic ring is 1. The molecule has 100 valence electrons. The first-order valence-electron chi connectivity index (χ1n) is 6.00. The first-order valence-corrected chi connectivity index (χ1v) is 6.79. The molecule has 0 atom stereocenters. The Hall–Kier alpha value is -1.59. The summed E-state index contributed by atoms with van der Waals surface area (Å²) in [6.07, 6.45) is 1.65.